The van der Waals surface area contributed by atoms with Crippen LogP contribution in [0.2, 0.25) is 0 Å². The van der Waals surface area contributed by atoms with Gasteiger partial charge in [-0.25, -0.2) is 4.98 Å². The topological polar surface area (TPSA) is 40.7 Å². The van der Waals surface area contributed by atoms with E-state index in [-0.39, 0.29) is 0 Å². The van der Waals surface area contributed by atoms with Crippen LogP contribution in [0.15, 0.2) is 6.20 Å². The number of aromatic nitrogens is 2. The van der Waals surface area contributed by atoms with Crippen LogP contribution in [0.3, 0.4) is 0 Å². The molecule has 0 amide bonds. The molecule has 5 fully saturated rings. The Balaban J connectivity index is 1.25. The zero-order valence-corrected chi connectivity index (χ0v) is 13.6. The fourth-order valence-electron chi connectivity index (χ4n) is 6.59. The van der Waals surface area contributed by atoms with Gasteiger partial charge in [-0.05, 0) is 93.9 Å². The van der Waals surface area contributed by atoms with Crippen molar-refractivity contribution in [2.45, 2.75) is 70.3 Å². The number of hydrogen-bond donors (Lipinski definition) is 2. The fraction of sp³-hybridized carbons (Fsp3) is 0.842. The maximum absolute atomic E-state index is 4.65. The summed E-state index contributed by atoms with van der Waals surface area (Å²) < 4.78 is 0. The zero-order valence-electron chi connectivity index (χ0n) is 13.6. The predicted octanol–water partition coefficient (Wildman–Crippen LogP) is 3.98. The van der Waals surface area contributed by atoms with E-state index in [4.69, 9.17) is 0 Å². The SMILES string of the molecule is c1nc(C2CCCN2)[nH]c1CCC12CC3CC(CC(C3)C1)C2. The highest BCUT2D eigenvalue weighted by Gasteiger charge is 2.50. The number of nitrogens with zero attached hydrogens (tertiary/aromatic N) is 1. The number of aromatic amines is 1. The number of rotatable bonds is 4. The monoisotopic (exact) mass is 299 g/mol. The van der Waals surface area contributed by atoms with Gasteiger partial charge in [-0.1, -0.05) is 0 Å². The number of imidazole rings is 1. The Morgan fingerprint density at radius 2 is 1.82 bits per heavy atom. The summed E-state index contributed by atoms with van der Waals surface area (Å²) in [4.78, 5) is 8.26. The van der Waals surface area contributed by atoms with Crippen LogP contribution in [0.4, 0.5) is 0 Å². The van der Waals surface area contributed by atoms with Crippen LogP contribution in [0, 0.1) is 23.2 Å². The highest BCUT2D eigenvalue weighted by molar-refractivity contribution is 5.08. The van der Waals surface area contributed by atoms with Crippen molar-refractivity contribution in [1.29, 1.82) is 0 Å². The highest BCUT2D eigenvalue weighted by Crippen LogP contribution is 2.61. The van der Waals surface area contributed by atoms with Gasteiger partial charge in [-0.15, -0.1) is 0 Å². The lowest BCUT2D eigenvalue weighted by Crippen LogP contribution is -2.46. The van der Waals surface area contributed by atoms with Crippen molar-refractivity contribution < 1.29 is 0 Å². The number of nitrogens with one attached hydrogen (secondary N) is 2. The van der Waals surface area contributed by atoms with Gasteiger partial charge >= 0.3 is 0 Å². The minimum Gasteiger partial charge on any atom is -0.345 e. The zero-order chi connectivity index (χ0) is 14.6. The molecule has 1 aromatic rings. The average Bonchev–Trinajstić information content (AvgIpc) is 3.15. The average molecular weight is 299 g/mol. The van der Waals surface area contributed by atoms with Gasteiger partial charge in [-0.3, -0.25) is 0 Å². The van der Waals surface area contributed by atoms with E-state index in [1.807, 2.05) is 0 Å². The van der Waals surface area contributed by atoms with E-state index >= 15 is 0 Å². The summed E-state index contributed by atoms with van der Waals surface area (Å²) in [5, 5.41) is 3.54. The summed E-state index contributed by atoms with van der Waals surface area (Å²) >= 11 is 0. The van der Waals surface area contributed by atoms with E-state index in [2.05, 4.69) is 21.5 Å². The van der Waals surface area contributed by atoms with Crippen LogP contribution < -0.4 is 5.32 Å². The summed E-state index contributed by atoms with van der Waals surface area (Å²) in [6.07, 6.45) is 16.5. The van der Waals surface area contributed by atoms with E-state index < -0.39 is 0 Å². The molecule has 1 unspecified atom stereocenters. The van der Waals surface area contributed by atoms with Gasteiger partial charge in [0.25, 0.3) is 0 Å². The van der Waals surface area contributed by atoms with Gasteiger partial charge in [0.2, 0.25) is 0 Å². The molecule has 0 spiro atoms. The smallest absolute Gasteiger partial charge is 0.123 e. The van der Waals surface area contributed by atoms with E-state index in [1.165, 1.54) is 56.5 Å². The molecule has 2 N–H and O–H groups in total. The molecule has 5 aliphatic rings. The molecule has 1 saturated heterocycles. The molecule has 2 heterocycles. The second kappa shape index (κ2) is 5.09. The number of aryl methyl sites for hydroxylation is 1. The van der Waals surface area contributed by atoms with E-state index in [0.29, 0.717) is 11.5 Å². The van der Waals surface area contributed by atoms with Gasteiger partial charge in [-0.2, -0.15) is 0 Å². The van der Waals surface area contributed by atoms with Crippen LogP contribution in [0.1, 0.15) is 75.3 Å². The van der Waals surface area contributed by atoms with Crippen LogP contribution in [-0.2, 0) is 6.42 Å². The molecular formula is C19H29N3. The van der Waals surface area contributed by atoms with Crippen molar-refractivity contribution >= 4 is 0 Å². The highest BCUT2D eigenvalue weighted by atomic mass is 15.0. The summed E-state index contributed by atoms with van der Waals surface area (Å²) in [5.74, 6) is 4.40. The van der Waals surface area contributed by atoms with Gasteiger partial charge in [0.1, 0.15) is 5.82 Å². The Hall–Kier alpha value is -0.830. The molecule has 4 aliphatic carbocycles. The van der Waals surface area contributed by atoms with Gasteiger partial charge in [0, 0.05) is 11.9 Å². The second-order valence-electron chi connectivity index (χ2n) is 8.86. The van der Waals surface area contributed by atoms with E-state index in [1.54, 1.807) is 19.3 Å². The van der Waals surface area contributed by atoms with Crippen LogP contribution in [-0.4, -0.2) is 16.5 Å². The molecule has 4 bridgehead atoms. The van der Waals surface area contributed by atoms with Crippen molar-refractivity contribution in [3.63, 3.8) is 0 Å². The third kappa shape index (κ3) is 2.33. The molecule has 1 aliphatic heterocycles. The largest absolute Gasteiger partial charge is 0.345 e. The van der Waals surface area contributed by atoms with Crippen molar-refractivity contribution in [3.05, 3.63) is 17.7 Å². The lowest BCUT2D eigenvalue weighted by atomic mass is 9.48. The maximum Gasteiger partial charge on any atom is 0.123 e. The lowest BCUT2D eigenvalue weighted by molar-refractivity contribution is -0.0570. The molecular weight excluding hydrogens is 270 g/mol. The third-order valence-corrected chi connectivity index (χ3v) is 7.13. The lowest BCUT2D eigenvalue weighted by Gasteiger charge is -2.57. The second-order valence-corrected chi connectivity index (χ2v) is 8.86. The molecule has 1 aromatic heterocycles. The predicted molar refractivity (Wildman–Crippen MR) is 87.5 cm³/mol. The Bertz CT molecular complexity index is 505. The molecule has 4 saturated carbocycles. The molecule has 22 heavy (non-hydrogen) atoms. The van der Waals surface area contributed by atoms with Crippen molar-refractivity contribution in [2.75, 3.05) is 6.54 Å². The first-order chi connectivity index (χ1) is 10.8. The Morgan fingerprint density at radius 3 is 2.45 bits per heavy atom. The van der Waals surface area contributed by atoms with Crippen LogP contribution in [0.5, 0.6) is 0 Å². The summed E-state index contributed by atoms with van der Waals surface area (Å²) in [6, 6.07) is 0.480. The summed E-state index contributed by atoms with van der Waals surface area (Å²) in [5.41, 5.74) is 2.07. The first kappa shape index (κ1) is 13.6. The molecule has 120 valence electrons. The quantitative estimate of drug-likeness (QED) is 0.883. The standard InChI is InChI=1S/C19H29N3/c1-2-17(20-5-1)18-21-12-16(22-18)3-4-19-9-13-6-14(10-19)8-15(7-13)11-19/h12-15,17,20H,1-11H2,(H,21,22). The third-order valence-electron chi connectivity index (χ3n) is 7.13. The molecule has 3 nitrogen and oxygen atoms in total. The molecule has 0 radical (unpaired) electrons. The molecule has 0 aromatic carbocycles. The summed E-state index contributed by atoms with van der Waals surface area (Å²) in [6.45, 7) is 1.15. The van der Waals surface area contributed by atoms with Crippen LogP contribution >= 0.6 is 0 Å². The van der Waals surface area contributed by atoms with Gasteiger partial charge in [0.05, 0.1) is 6.04 Å². The minimum atomic E-state index is 0.480. The first-order valence-corrected chi connectivity index (χ1v) is 9.55. The van der Waals surface area contributed by atoms with Crippen molar-refractivity contribution in [1.82, 2.24) is 15.3 Å². The number of H-pyrrole nitrogens is 1. The first-order valence-electron chi connectivity index (χ1n) is 9.55. The number of hydrogen-bond acceptors (Lipinski definition) is 2. The van der Waals surface area contributed by atoms with Crippen molar-refractivity contribution in [3.8, 4) is 0 Å². The Labute approximate surface area is 133 Å². The van der Waals surface area contributed by atoms with Crippen LogP contribution in [0.25, 0.3) is 0 Å². The molecule has 6 rings (SSSR count). The van der Waals surface area contributed by atoms with Gasteiger partial charge < -0.3 is 10.3 Å². The van der Waals surface area contributed by atoms with E-state index in [9.17, 15) is 0 Å². The summed E-state index contributed by atoms with van der Waals surface area (Å²) in [7, 11) is 0. The van der Waals surface area contributed by atoms with Gasteiger partial charge in [0.15, 0.2) is 0 Å². The molecule has 3 heteroatoms. The van der Waals surface area contributed by atoms with E-state index in [0.717, 1.165) is 24.3 Å². The Morgan fingerprint density at radius 1 is 1.09 bits per heavy atom. The maximum atomic E-state index is 4.65. The Kier molecular flexibility index (Phi) is 3.14. The minimum absolute atomic E-state index is 0.480. The molecule has 1 atom stereocenters. The normalized spacial score (nSPS) is 43.1. The van der Waals surface area contributed by atoms with Crippen molar-refractivity contribution in [2.24, 2.45) is 23.2 Å². The fourth-order valence-corrected chi connectivity index (χ4v) is 6.59.